The van der Waals surface area contributed by atoms with Crippen molar-refractivity contribution >= 4 is 5.91 Å². The summed E-state index contributed by atoms with van der Waals surface area (Å²) < 4.78 is 31.5. The molecule has 3 rings (SSSR count). The van der Waals surface area contributed by atoms with Gasteiger partial charge in [0.25, 0.3) is 5.91 Å². The molecule has 1 fully saturated rings. The first-order chi connectivity index (χ1) is 12.1. The molecule has 2 aromatic rings. The van der Waals surface area contributed by atoms with Gasteiger partial charge < -0.3 is 15.4 Å². The van der Waals surface area contributed by atoms with Crippen molar-refractivity contribution in [3.63, 3.8) is 0 Å². The van der Waals surface area contributed by atoms with Gasteiger partial charge in [0.15, 0.2) is 11.6 Å². The van der Waals surface area contributed by atoms with Crippen LogP contribution in [0.5, 0.6) is 11.5 Å². The third-order valence-electron chi connectivity index (χ3n) is 4.19. The minimum absolute atomic E-state index is 0.134. The molecule has 0 bridgehead atoms. The number of amides is 1. The van der Waals surface area contributed by atoms with Crippen LogP contribution in [-0.4, -0.2) is 25.5 Å². The minimum Gasteiger partial charge on any atom is -0.457 e. The van der Waals surface area contributed by atoms with Crippen molar-refractivity contribution in [3.05, 3.63) is 59.7 Å². The fourth-order valence-corrected chi connectivity index (χ4v) is 2.79. The van der Waals surface area contributed by atoms with E-state index in [4.69, 9.17) is 4.74 Å². The number of halogens is 2. The number of piperidine rings is 1. The van der Waals surface area contributed by atoms with Gasteiger partial charge >= 0.3 is 0 Å². The molecule has 1 heterocycles. The lowest BCUT2D eigenvalue weighted by Crippen LogP contribution is -2.38. The van der Waals surface area contributed by atoms with Gasteiger partial charge in [-0.25, -0.2) is 8.78 Å². The zero-order valence-electron chi connectivity index (χ0n) is 13.7. The van der Waals surface area contributed by atoms with Crippen molar-refractivity contribution in [2.75, 3.05) is 19.6 Å². The molecule has 0 aliphatic carbocycles. The van der Waals surface area contributed by atoms with Crippen LogP contribution in [0.25, 0.3) is 0 Å². The van der Waals surface area contributed by atoms with Crippen molar-refractivity contribution in [1.82, 2.24) is 10.6 Å². The molecule has 0 saturated carbocycles. The summed E-state index contributed by atoms with van der Waals surface area (Å²) in [6, 6.07) is 9.86. The predicted molar refractivity (Wildman–Crippen MR) is 90.8 cm³/mol. The first-order valence-electron chi connectivity index (χ1n) is 8.34. The maximum absolute atomic E-state index is 13.2. The molecule has 0 radical (unpaired) electrons. The molecule has 1 amide bonds. The Kier molecular flexibility index (Phi) is 5.60. The quantitative estimate of drug-likeness (QED) is 0.871. The van der Waals surface area contributed by atoms with Gasteiger partial charge in [-0.15, -0.1) is 0 Å². The molecule has 2 aromatic carbocycles. The molecule has 2 N–H and O–H groups in total. The average Bonchev–Trinajstić information content (AvgIpc) is 2.64. The van der Waals surface area contributed by atoms with Crippen LogP contribution in [0.3, 0.4) is 0 Å². The number of carbonyl (C=O) groups excluding carboxylic acids is 1. The van der Waals surface area contributed by atoms with E-state index >= 15 is 0 Å². The van der Waals surface area contributed by atoms with Crippen molar-refractivity contribution in [2.24, 2.45) is 5.92 Å². The first kappa shape index (κ1) is 17.4. The monoisotopic (exact) mass is 346 g/mol. The van der Waals surface area contributed by atoms with Gasteiger partial charge in [0.1, 0.15) is 11.5 Å². The highest BCUT2D eigenvalue weighted by Gasteiger charge is 2.14. The zero-order chi connectivity index (χ0) is 17.6. The van der Waals surface area contributed by atoms with Gasteiger partial charge in [0.05, 0.1) is 0 Å². The second-order valence-electron chi connectivity index (χ2n) is 6.12. The molecule has 1 saturated heterocycles. The van der Waals surface area contributed by atoms with Crippen LogP contribution >= 0.6 is 0 Å². The van der Waals surface area contributed by atoms with E-state index in [2.05, 4.69) is 10.6 Å². The predicted octanol–water partition coefficient (Wildman–Crippen LogP) is 3.49. The first-order valence-corrected chi connectivity index (χ1v) is 8.34. The second kappa shape index (κ2) is 8.07. The zero-order valence-corrected chi connectivity index (χ0v) is 13.7. The summed E-state index contributed by atoms with van der Waals surface area (Å²) in [6.45, 7) is 2.63. The Labute approximate surface area is 145 Å². The SMILES string of the molecule is O=C(NCC1CCCNC1)c1ccc(Oc2ccc(F)c(F)c2)cc1. The molecule has 0 spiro atoms. The number of nitrogens with one attached hydrogen (secondary N) is 2. The Morgan fingerprint density at radius 2 is 1.88 bits per heavy atom. The highest BCUT2D eigenvalue weighted by Crippen LogP contribution is 2.23. The lowest BCUT2D eigenvalue weighted by Gasteiger charge is -2.22. The highest BCUT2D eigenvalue weighted by atomic mass is 19.2. The summed E-state index contributed by atoms with van der Waals surface area (Å²) in [5, 5.41) is 6.26. The van der Waals surface area contributed by atoms with Crippen LogP contribution in [0.15, 0.2) is 42.5 Å². The van der Waals surface area contributed by atoms with E-state index in [1.807, 2.05) is 0 Å². The van der Waals surface area contributed by atoms with Crippen LogP contribution in [0, 0.1) is 17.6 Å². The summed E-state index contributed by atoms with van der Waals surface area (Å²) in [4.78, 5) is 12.2. The van der Waals surface area contributed by atoms with E-state index in [0.29, 0.717) is 23.8 Å². The van der Waals surface area contributed by atoms with Crippen LogP contribution in [-0.2, 0) is 0 Å². The minimum atomic E-state index is -0.967. The van der Waals surface area contributed by atoms with E-state index in [9.17, 15) is 13.6 Å². The lowest BCUT2D eigenvalue weighted by molar-refractivity contribution is 0.0945. The summed E-state index contributed by atoms with van der Waals surface area (Å²) in [5.74, 6) is -0.920. The number of benzene rings is 2. The summed E-state index contributed by atoms with van der Waals surface area (Å²) in [6.07, 6.45) is 2.25. The summed E-state index contributed by atoms with van der Waals surface area (Å²) in [7, 11) is 0. The number of hydrogen-bond donors (Lipinski definition) is 2. The van der Waals surface area contributed by atoms with Crippen molar-refractivity contribution < 1.29 is 18.3 Å². The van der Waals surface area contributed by atoms with Gasteiger partial charge in [-0.05, 0) is 68.2 Å². The molecule has 1 unspecified atom stereocenters. The highest BCUT2D eigenvalue weighted by molar-refractivity contribution is 5.94. The molecule has 6 heteroatoms. The molecule has 25 heavy (non-hydrogen) atoms. The average molecular weight is 346 g/mol. The molecular weight excluding hydrogens is 326 g/mol. The van der Waals surface area contributed by atoms with E-state index in [1.54, 1.807) is 24.3 Å². The number of ether oxygens (including phenoxy) is 1. The Morgan fingerprint density at radius 1 is 1.12 bits per heavy atom. The summed E-state index contributed by atoms with van der Waals surface area (Å²) in [5.41, 5.74) is 0.529. The second-order valence-corrected chi connectivity index (χ2v) is 6.12. The molecule has 0 aromatic heterocycles. The molecule has 1 atom stereocenters. The Hall–Kier alpha value is -2.47. The van der Waals surface area contributed by atoms with E-state index in [0.717, 1.165) is 38.1 Å². The Morgan fingerprint density at radius 3 is 2.56 bits per heavy atom. The van der Waals surface area contributed by atoms with Gasteiger partial charge in [-0.2, -0.15) is 0 Å². The fourth-order valence-electron chi connectivity index (χ4n) is 2.79. The molecule has 1 aliphatic heterocycles. The maximum Gasteiger partial charge on any atom is 0.251 e. The standard InChI is InChI=1S/C19H20F2N2O2/c20-17-8-7-16(10-18(17)21)25-15-5-3-14(4-6-15)19(24)23-12-13-2-1-9-22-11-13/h3-8,10,13,22H,1-2,9,11-12H2,(H,23,24). The van der Waals surface area contributed by atoms with E-state index in [1.165, 1.54) is 6.07 Å². The van der Waals surface area contributed by atoms with Gasteiger partial charge in [0.2, 0.25) is 0 Å². The van der Waals surface area contributed by atoms with Crippen LogP contribution < -0.4 is 15.4 Å². The molecule has 4 nitrogen and oxygen atoms in total. The third kappa shape index (κ3) is 4.76. The number of rotatable bonds is 5. The number of hydrogen-bond acceptors (Lipinski definition) is 3. The molecule has 1 aliphatic rings. The lowest BCUT2D eigenvalue weighted by atomic mass is 10.00. The van der Waals surface area contributed by atoms with E-state index < -0.39 is 11.6 Å². The topological polar surface area (TPSA) is 50.4 Å². The van der Waals surface area contributed by atoms with Crippen LogP contribution in [0.2, 0.25) is 0 Å². The molecular formula is C19H20F2N2O2. The van der Waals surface area contributed by atoms with E-state index in [-0.39, 0.29) is 11.7 Å². The number of carbonyl (C=O) groups is 1. The van der Waals surface area contributed by atoms with Gasteiger partial charge in [-0.1, -0.05) is 0 Å². The van der Waals surface area contributed by atoms with Gasteiger partial charge in [-0.3, -0.25) is 4.79 Å². The maximum atomic E-state index is 13.2. The van der Waals surface area contributed by atoms with Crippen LogP contribution in [0.4, 0.5) is 8.78 Å². The van der Waals surface area contributed by atoms with Gasteiger partial charge in [0, 0.05) is 18.2 Å². The Bertz CT molecular complexity index is 729. The van der Waals surface area contributed by atoms with Crippen molar-refractivity contribution in [3.8, 4) is 11.5 Å². The van der Waals surface area contributed by atoms with Crippen LogP contribution in [0.1, 0.15) is 23.2 Å². The molecule has 132 valence electrons. The smallest absolute Gasteiger partial charge is 0.251 e. The largest absolute Gasteiger partial charge is 0.457 e. The fraction of sp³-hybridized carbons (Fsp3) is 0.316. The van der Waals surface area contributed by atoms with Crippen molar-refractivity contribution in [1.29, 1.82) is 0 Å². The summed E-state index contributed by atoms with van der Waals surface area (Å²) >= 11 is 0. The third-order valence-corrected chi connectivity index (χ3v) is 4.19. The van der Waals surface area contributed by atoms with Crippen molar-refractivity contribution in [2.45, 2.75) is 12.8 Å². The Balaban J connectivity index is 1.55. The normalized spacial score (nSPS) is 17.1.